The van der Waals surface area contributed by atoms with Crippen LogP contribution in [-0.4, -0.2) is 41.0 Å². The van der Waals surface area contributed by atoms with Crippen LogP contribution >= 0.6 is 23.2 Å². The summed E-state index contributed by atoms with van der Waals surface area (Å²) in [6, 6.07) is 17.1. The molecular weight excluding hydrogens is 551 g/mol. The van der Waals surface area contributed by atoms with Gasteiger partial charge in [-0.05, 0) is 60.0 Å². The van der Waals surface area contributed by atoms with Gasteiger partial charge in [0.1, 0.15) is 0 Å². The second-order valence-corrected chi connectivity index (χ2v) is 9.75. The van der Waals surface area contributed by atoms with Crippen molar-refractivity contribution in [2.75, 3.05) is 18.4 Å². The summed E-state index contributed by atoms with van der Waals surface area (Å²) in [4.78, 5) is 37.6. The maximum Gasteiger partial charge on any atom is 0.322 e. The van der Waals surface area contributed by atoms with Gasteiger partial charge in [-0.25, -0.2) is 13.6 Å². The van der Waals surface area contributed by atoms with E-state index in [0.29, 0.717) is 17.0 Å². The van der Waals surface area contributed by atoms with E-state index < -0.39 is 29.4 Å². The number of urea groups is 1. The summed E-state index contributed by atoms with van der Waals surface area (Å²) in [6.07, 6.45) is 0.294. The minimum atomic E-state index is -3.19. The van der Waals surface area contributed by atoms with E-state index in [9.17, 15) is 23.2 Å². The van der Waals surface area contributed by atoms with Crippen LogP contribution in [0, 0.1) is 0 Å². The lowest BCUT2D eigenvalue weighted by Gasteiger charge is -2.24. The number of benzene rings is 3. The minimum absolute atomic E-state index is 0.00372. The van der Waals surface area contributed by atoms with E-state index >= 15 is 0 Å². The zero-order chi connectivity index (χ0) is 28.6. The van der Waals surface area contributed by atoms with Gasteiger partial charge in [0.25, 0.3) is 11.8 Å². The fourth-order valence-corrected chi connectivity index (χ4v) is 4.21. The van der Waals surface area contributed by atoms with Crippen LogP contribution in [0.5, 0.6) is 0 Å². The minimum Gasteiger partial charge on any atom is -0.481 e. The first-order valence-electron chi connectivity index (χ1n) is 12.0. The number of carbonyl (C=O) groups is 3. The molecule has 0 bridgehead atoms. The molecule has 0 aliphatic carbocycles. The molecule has 0 heterocycles. The summed E-state index contributed by atoms with van der Waals surface area (Å²) in [5, 5.41) is 14.4. The van der Waals surface area contributed by atoms with Crippen molar-refractivity contribution in [3.63, 3.8) is 0 Å². The van der Waals surface area contributed by atoms with Gasteiger partial charge in [-0.1, -0.05) is 47.5 Å². The van der Waals surface area contributed by atoms with Crippen molar-refractivity contribution in [1.82, 2.24) is 10.2 Å². The Balaban J connectivity index is 1.76. The Morgan fingerprint density at radius 1 is 0.974 bits per heavy atom. The second-order valence-electron chi connectivity index (χ2n) is 8.91. The average molecular weight is 578 g/mol. The molecule has 0 spiro atoms. The monoisotopic (exact) mass is 577 g/mol. The van der Waals surface area contributed by atoms with E-state index in [1.165, 1.54) is 17.0 Å². The van der Waals surface area contributed by atoms with Crippen LogP contribution in [0.25, 0.3) is 0 Å². The molecule has 3 aromatic carbocycles. The molecule has 0 aliphatic rings. The molecule has 0 saturated carbocycles. The second kappa shape index (κ2) is 13.4. The fourth-order valence-electron chi connectivity index (χ4n) is 3.72. The standard InChI is InChI=1S/C28H27Cl2F2N3O4/c1-28(31,32)23-16-22(9-10-24(23)30)34-27(39)35(14-12-18-3-2-4-21(29)15-18)17-19-5-7-20(8-6-19)26(38)33-13-11-25(36)37/h2-10,15-16H,11-14,17H2,1H3,(H,33,38)(H,34,39)(H,36,37). The van der Waals surface area contributed by atoms with Gasteiger partial charge in [0.05, 0.1) is 6.42 Å². The highest BCUT2D eigenvalue weighted by molar-refractivity contribution is 6.31. The van der Waals surface area contributed by atoms with Crippen LogP contribution in [-0.2, 0) is 23.7 Å². The van der Waals surface area contributed by atoms with E-state index in [0.717, 1.165) is 24.1 Å². The highest BCUT2D eigenvalue weighted by Crippen LogP contribution is 2.34. The molecule has 39 heavy (non-hydrogen) atoms. The molecule has 7 nitrogen and oxygen atoms in total. The van der Waals surface area contributed by atoms with Gasteiger partial charge in [0.15, 0.2) is 0 Å². The third-order valence-corrected chi connectivity index (χ3v) is 6.32. The largest absolute Gasteiger partial charge is 0.481 e. The van der Waals surface area contributed by atoms with Crippen molar-refractivity contribution in [1.29, 1.82) is 0 Å². The molecular formula is C28H27Cl2F2N3O4. The number of aliphatic carboxylic acids is 1. The maximum absolute atomic E-state index is 13.9. The average Bonchev–Trinajstić information content (AvgIpc) is 2.87. The smallest absolute Gasteiger partial charge is 0.322 e. The van der Waals surface area contributed by atoms with Gasteiger partial charge < -0.3 is 20.6 Å². The highest BCUT2D eigenvalue weighted by atomic mass is 35.5. The quantitative estimate of drug-likeness (QED) is 0.239. The zero-order valence-electron chi connectivity index (χ0n) is 21.0. The molecule has 3 aromatic rings. The molecule has 3 amide bonds. The molecule has 0 fully saturated rings. The SMILES string of the molecule is CC(F)(F)c1cc(NC(=O)N(CCc2cccc(Cl)c2)Cc2ccc(C(=O)NCCC(=O)O)cc2)ccc1Cl. The number of alkyl halides is 2. The van der Waals surface area contributed by atoms with E-state index in [2.05, 4.69) is 10.6 Å². The summed E-state index contributed by atoms with van der Waals surface area (Å²) in [5.74, 6) is -4.61. The van der Waals surface area contributed by atoms with Crippen LogP contribution in [0.3, 0.4) is 0 Å². The number of carboxylic acids is 1. The molecule has 206 valence electrons. The predicted molar refractivity (Wildman–Crippen MR) is 147 cm³/mol. The van der Waals surface area contributed by atoms with Crippen LogP contribution in [0.1, 0.15) is 40.4 Å². The van der Waals surface area contributed by atoms with Crippen molar-refractivity contribution in [3.05, 3.63) is 99.0 Å². The number of halogens is 4. The number of amides is 3. The number of carboxylic acid groups (broad SMARTS) is 1. The molecule has 0 saturated heterocycles. The van der Waals surface area contributed by atoms with Crippen LogP contribution in [0.4, 0.5) is 19.3 Å². The highest BCUT2D eigenvalue weighted by Gasteiger charge is 2.28. The lowest BCUT2D eigenvalue weighted by atomic mass is 10.1. The fraction of sp³-hybridized carbons (Fsp3) is 0.250. The van der Waals surface area contributed by atoms with Crippen molar-refractivity contribution >= 4 is 46.8 Å². The van der Waals surface area contributed by atoms with Gasteiger partial charge in [-0.3, -0.25) is 9.59 Å². The van der Waals surface area contributed by atoms with E-state index in [1.807, 2.05) is 12.1 Å². The van der Waals surface area contributed by atoms with Crippen molar-refractivity contribution < 1.29 is 28.3 Å². The lowest BCUT2D eigenvalue weighted by molar-refractivity contribution is -0.136. The number of hydrogen-bond donors (Lipinski definition) is 3. The summed E-state index contributed by atoms with van der Waals surface area (Å²) in [7, 11) is 0. The first-order chi connectivity index (χ1) is 18.4. The Kier molecular flexibility index (Phi) is 10.3. The summed E-state index contributed by atoms with van der Waals surface area (Å²) in [5.41, 5.74) is 1.74. The molecule has 0 unspecified atom stereocenters. The normalized spacial score (nSPS) is 11.1. The van der Waals surface area contributed by atoms with E-state index in [4.69, 9.17) is 28.3 Å². The number of hydrogen-bond acceptors (Lipinski definition) is 3. The number of nitrogens with zero attached hydrogens (tertiary/aromatic N) is 1. The van der Waals surface area contributed by atoms with E-state index in [-0.39, 0.29) is 36.8 Å². The first kappa shape index (κ1) is 29.9. The van der Waals surface area contributed by atoms with Crippen molar-refractivity contribution in [3.8, 4) is 0 Å². The predicted octanol–water partition coefficient (Wildman–Crippen LogP) is 6.59. The third kappa shape index (κ3) is 9.23. The van der Waals surface area contributed by atoms with Crippen molar-refractivity contribution in [2.24, 2.45) is 0 Å². The Labute approximate surface area is 234 Å². The Morgan fingerprint density at radius 2 is 1.69 bits per heavy atom. The Morgan fingerprint density at radius 3 is 2.33 bits per heavy atom. The number of nitrogens with one attached hydrogen (secondary N) is 2. The number of rotatable bonds is 11. The molecule has 3 N–H and O–H groups in total. The lowest BCUT2D eigenvalue weighted by Crippen LogP contribution is -2.36. The third-order valence-electron chi connectivity index (χ3n) is 5.75. The van der Waals surface area contributed by atoms with Gasteiger partial charge in [-0.2, -0.15) is 0 Å². The Hall–Kier alpha value is -3.69. The molecule has 0 radical (unpaired) electrons. The zero-order valence-corrected chi connectivity index (χ0v) is 22.5. The van der Waals surface area contributed by atoms with Gasteiger partial charge >= 0.3 is 12.0 Å². The van der Waals surface area contributed by atoms with Gasteiger partial charge in [0, 0.05) is 53.4 Å². The summed E-state index contributed by atoms with van der Waals surface area (Å²) >= 11 is 12.0. The molecule has 0 aromatic heterocycles. The molecule has 11 heteroatoms. The van der Waals surface area contributed by atoms with Crippen LogP contribution in [0.15, 0.2) is 66.7 Å². The molecule has 0 aliphatic heterocycles. The number of anilines is 1. The summed E-state index contributed by atoms with van der Waals surface area (Å²) in [6.45, 7) is 1.18. The van der Waals surface area contributed by atoms with Gasteiger partial charge in [0.2, 0.25) is 0 Å². The molecule has 0 atom stereocenters. The maximum atomic E-state index is 13.9. The van der Waals surface area contributed by atoms with Gasteiger partial charge in [-0.15, -0.1) is 0 Å². The topological polar surface area (TPSA) is 98.7 Å². The number of carbonyl (C=O) groups excluding carboxylic acids is 2. The van der Waals surface area contributed by atoms with E-state index in [1.54, 1.807) is 36.4 Å². The van der Waals surface area contributed by atoms with Crippen LogP contribution in [0.2, 0.25) is 10.0 Å². The first-order valence-corrected chi connectivity index (χ1v) is 12.7. The Bertz CT molecular complexity index is 1330. The van der Waals surface area contributed by atoms with Crippen LogP contribution < -0.4 is 10.6 Å². The van der Waals surface area contributed by atoms with Crippen molar-refractivity contribution in [2.45, 2.75) is 32.2 Å². The summed E-state index contributed by atoms with van der Waals surface area (Å²) < 4.78 is 27.9. The molecule has 3 rings (SSSR count).